The molecule has 0 radical (unpaired) electrons. The highest BCUT2D eigenvalue weighted by Crippen LogP contribution is 2.19. The van der Waals surface area contributed by atoms with Crippen LogP contribution >= 0.6 is 35.3 Å². The van der Waals surface area contributed by atoms with Gasteiger partial charge in [0.2, 0.25) is 5.91 Å². The van der Waals surface area contributed by atoms with E-state index in [1.165, 1.54) is 4.88 Å². The second-order valence-corrected chi connectivity index (χ2v) is 6.48. The summed E-state index contributed by atoms with van der Waals surface area (Å²) >= 11 is 1.73. The zero-order valence-electron chi connectivity index (χ0n) is 14.8. The van der Waals surface area contributed by atoms with Gasteiger partial charge in [0.05, 0.1) is 6.54 Å². The van der Waals surface area contributed by atoms with Crippen LogP contribution in [0.3, 0.4) is 0 Å². The van der Waals surface area contributed by atoms with Crippen molar-refractivity contribution in [3.05, 3.63) is 52.2 Å². The van der Waals surface area contributed by atoms with Crippen molar-refractivity contribution in [2.24, 2.45) is 4.99 Å². The maximum atomic E-state index is 12.1. The second kappa shape index (κ2) is 11.5. The van der Waals surface area contributed by atoms with E-state index >= 15 is 0 Å². The molecule has 0 saturated heterocycles. The number of anilines is 1. The van der Waals surface area contributed by atoms with Crippen LogP contribution in [0.1, 0.15) is 23.3 Å². The highest BCUT2D eigenvalue weighted by Gasteiger charge is 2.09. The summed E-state index contributed by atoms with van der Waals surface area (Å²) in [6.07, 6.45) is 5.36. The van der Waals surface area contributed by atoms with Crippen LogP contribution in [0.4, 0.5) is 5.69 Å². The van der Waals surface area contributed by atoms with Gasteiger partial charge in [0.1, 0.15) is 0 Å². The monoisotopic (exact) mass is 482 g/mol. The first-order chi connectivity index (χ1) is 12.1. The summed E-state index contributed by atoms with van der Waals surface area (Å²) in [5, 5.41) is 11.1. The van der Waals surface area contributed by atoms with E-state index in [0.29, 0.717) is 17.6 Å². The van der Waals surface area contributed by atoms with Crippen LogP contribution < -0.4 is 16.0 Å². The summed E-state index contributed by atoms with van der Waals surface area (Å²) in [5.41, 5.74) is 1.40. The van der Waals surface area contributed by atoms with Crippen LogP contribution in [-0.4, -0.2) is 32.0 Å². The van der Waals surface area contributed by atoms with Crippen LogP contribution in [0.25, 0.3) is 0 Å². The molecule has 0 bridgehead atoms. The number of guanidine groups is 1. The minimum absolute atomic E-state index is 0. The van der Waals surface area contributed by atoms with Gasteiger partial charge in [-0.1, -0.05) is 25.0 Å². The van der Waals surface area contributed by atoms with Crippen molar-refractivity contribution in [1.82, 2.24) is 10.6 Å². The van der Waals surface area contributed by atoms with E-state index in [0.717, 1.165) is 12.1 Å². The maximum Gasteiger partial charge on any atom is 0.243 e. The molecular weight excluding hydrogens is 459 g/mol. The Bertz CT molecular complexity index is 768. The van der Waals surface area contributed by atoms with E-state index in [1.54, 1.807) is 30.5 Å². The van der Waals surface area contributed by atoms with Gasteiger partial charge in [0.15, 0.2) is 5.96 Å². The number of terminal acetylenes is 1. The smallest absolute Gasteiger partial charge is 0.243 e. The molecule has 0 fully saturated rings. The predicted molar refractivity (Wildman–Crippen MR) is 121 cm³/mol. The van der Waals surface area contributed by atoms with Crippen molar-refractivity contribution in [3.63, 3.8) is 0 Å². The lowest BCUT2D eigenvalue weighted by Crippen LogP contribution is -2.42. The number of nitrogens with one attached hydrogen (secondary N) is 3. The Balaban J connectivity index is 0.00000338. The molecule has 5 nitrogen and oxygen atoms in total. The molecule has 2 rings (SSSR count). The molecular formula is C19H23IN4OS. The summed E-state index contributed by atoms with van der Waals surface area (Å²) in [6.45, 7) is 3.01. The average Bonchev–Trinajstić information content (AvgIpc) is 3.16. The van der Waals surface area contributed by atoms with Crippen LogP contribution in [0.5, 0.6) is 0 Å². The standard InChI is InChI=1S/C19H22N4OS.HI/c1-4-15-7-5-8-16(11-15)23-18(24)13-22-19(20-3)21-12-14(2)17-9-6-10-25-17;/h1,5-11,14H,12-13H2,2-3H3,(H,23,24)(H2,20,21,22);1H. The van der Waals surface area contributed by atoms with Gasteiger partial charge in [-0.15, -0.1) is 41.7 Å². The lowest BCUT2D eigenvalue weighted by atomic mass is 10.1. The Morgan fingerprint density at radius 3 is 2.77 bits per heavy atom. The van der Waals surface area contributed by atoms with Crippen LogP contribution in [0.2, 0.25) is 0 Å². The summed E-state index contributed by atoms with van der Waals surface area (Å²) in [7, 11) is 1.68. The fourth-order valence-electron chi connectivity index (χ4n) is 2.20. The van der Waals surface area contributed by atoms with Gasteiger partial charge in [-0.25, -0.2) is 0 Å². The number of thiophene rings is 1. The lowest BCUT2D eigenvalue weighted by molar-refractivity contribution is -0.115. The number of rotatable bonds is 6. The molecule has 0 aliphatic carbocycles. The number of carbonyl (C=O) groups is 1. The van der Waals surface area contributed by atoms with Crippen LogP contribution in [-0.2, 0) is 4.79 Å². The zero-order chi connectivity index (χ0) is 18.1. The largest absolute Gasteiger partial charge is 0.356 e. The molecule has 3 N–H and O–H groups in total. The van der Waals surface area contributed by atoms with Gasteiger partial charge in [0, 0.05) is 35.6 Å². The van der Waals surface area contributed by atoms with E-state index in [-0.39, 0.29) is 36.4 Å². The molecule has 138 valence electrons. The molecule has 0 saturated carbocycles. The van der Waals surface area contributed by atoms with Gasteiger partial charge in [0.25, 0.3) is 0 Å². The van der Waals surface area contributed by atoms with Gasteiger partial charge in [-0.3, -0.25) is 9.79 Å². The molecule has 26 heavy (non-hydrogen) atoms. The number of nitrogens with zero attached hydrogens (tertiary/aromatic N) is 1. The SMILES string of the molecule is C#Cc1cccc(NC(=O)CNC(=NC)NCC(C)c2cccs2)c1.I. The third-order valence-corrected chi connectivity index (χ3v) is 4.66. The Morgan fingerprint density at radius 1 is 1.31 bits per heavy atom. The van der Waals surface area contributed by atoms with E-state index in [2.05, 4.69) is 45.2 Å². The minimum Gasteiger partial charge on any atom is -0.356 e. The van der Waals surface area contributed by atoms with Crippen LogP contribution in [0.15, 0.2) is 46.8 Å². The molecule has 1 atom stereocenters. The second-order valence-electron chi connectivity index (χ2n) is 5.50. The topological polar surface area (TPSA) is 65.5 Å². The molecule has 0 aliphatic heterocycles. The number of hydrogen-bond acceptors (Lipinski definition) is 3. The highest BCUT2D eigenvalue weighted by atomic mass is 127. The van der Waals surface area contributed by atoms with Crippen molar-refractivity contribution in [1.29, 1.82) is 0 Å². The van der Waals surface area contributed by atoms with Crippen LogP contribution in [0, 0.1) is 12.3 Å². The molecule has 0 aliphatic rings. The molecule has 1 amide bonds. The predicted octanol–water partition coefficient (Wildman–Crippen LogP) is 3.25. The number of amides is 1. The van der Waals surface area contributed by atoms with E-state index in [4.69, 9.17) is 6.42 Å². The summed E-state index contributed by atoms with van der Waals surface area (Å²) in [6, 6.07) is 11.3. The van der Waals surface area contributed by atoms with Gasteiger partial charge in [-0.05, 0) is 29.6 Å². The first kappa shape index (κ1) is 22.0. The Morgan fingerprint density at radius 2 is 2.12 bits per heavy atom. The third kappa shape index (κ3) is 7.06. The Kier molecular flexibility index (Phi) is 9.76. The summed E-state index contributed by atoms with van der Waals surface area (Å²) < 4.78 is 0. The molecule has 0 spiro atoms. The molecule has 1 unspecified atom stereocenters. The lowest BCUT2D eigenvalue weighted by Gasteiger charge is -2.15. The van der Waals surface area contributed by atoms with Crippen molar-refractivity contribution in [3.8, 4) is 12.3 Å². The summed E-state index contributed by atoms with van der Waals surface area (Å²) in [4.78, 5) is 17.5. The van der Waals surface area contributed by atoms with E-state index in [1.807, 2.05) is 18.2 Å². The Hall–Kier alpha value is -2.05. The molecule has 2 aromatic rings. The fraction of sp³-hybridized carbons (Fsp3) is 0.263. The fourth-order valence-corrected chi connectivity index (χ4v) is 2.99. The van der Waals surface area contributed by atoms with E-state index < -0.39 is 0 Å². The average molecular weight is 482 g/mol. The highest BCUT2D eigenvalue weighted by molar-refractivity contribution is 14.0. The van der Waals surface area contributed by atoms with Gasteiger partial charge >= 0.3 is 0 Å². The van der Waals surface area contributed by atoms with E-state index in [9.17, 15) is 4.79 Å². The molecule has 1 aromatic heterocycles. The first-order valence-electron chi connectivity index (χ1n) is 7.97. The van der Waals surface area contributed by atoms with Crippen molar-refractivity contribution < 1.29 is 4.79 Å². The number of carbonyl (C=O) groups excluding carboxylic acids is 1. The van der Waals surface area contributed by atoms with Gasteiger partial charge in [-0.2, -0.15) is 0 Å². The van der Waals surface area contributed by atoms with Crippen molar-refractivity contribution in [2.45, 2.75) is 12.8 Å². The Labute approximate surface area is 175 Å². The first-order valence-corrected chi connectivity index (χ1v) is 8.84. The number of halogens is 1. The third-order valence-electron chi connectivity index (χ3n) is 3.56. The number of benzene rings is 1. The van der Waals surface area contributed by atoms with Gasteiger partial charge < -0.3 is 16.0 Å². The zero-order valence-corrected chi connectivity index (χ0v) is 17.9. The normalized spacial score (nSPS) is 11.7. The number of hydrogen-bond donors (Lipinski definition) is 3. The molecule has 1 aromatic carbocycles. The van der Waals surface area contributed by atoms with Crippen molar-refractivity contribution in [2.75, 3.05) is 25.5 Å². The summed E-state index contributed by atoms with van der Waals surface area (Å²) in [5.74, 6) is 3.35. The molecule has 1 heterocycles. The number of aliphatic imine (C=N–C) groups is 1. The maximum absolute atomic E-state index is 12.1. The molecule has 7 heteroatoms. The quantitative estimate of drug-likeness (QED) is 0.256. The van der Waals surface area contributed by atoms with Crippen molar-refractivity contribution >= 4 is 52.9 Å². The minimum atomic E-state index is -0.163.